The van der Waals surface area contributed by atoms with E-state index in [9.17, 15) is 4.79 Å². The molecule has 0 amide bonds. The Morgan fingerprint density at radius 3 is 1.85 bits per heavy atom. The summed E-state index contributed by atoms with van der Waals surface area (Å²) in [6.07, 6.45) is 0.138. The van der Waals surface area contributed by atoms with E-state index in [1.807, 2.05) is 76.2 Å². The van der Waals surface area contributed by atoms with Crippen LogP contribution in [0.3, 0.4) is 0 Å². The molecule has 3 aromatic carbocycles. The van der Waals surface area contributed by atoms with Crippen LogP contribution in [0, 0.1) is 0 Å². The van der Waals surface area contributed by atoms with E-state index in [-0.39, 0.29) is 12.2 Å². The number of hydrogen-bond donors (Lipinski definition) is 2. The molecular weight excluding hydrogens is 418 g/mol. The second kappa shape index (κ2) is 10.3. The topological polar surface area (TPSA) is 100 Å². The Morgan fingerprint density at radius 2 is 1.36 bits per heavy atom. The van der Waals surface area contributed by atoms with E-state index < -0.39 is 5.97 Å². The lowest BCUT2D eigenvalue weighted by atomic mass is 9.97. The monoisotopic (exact) mass is 449 g/mol. The predicted octanol–water partition coefficient (Wildman–Crippen LogP) is 5.31. The number of methoxy groups -OCH3 is 1. The molecule has 0 heterocycles. The SMILES string of the molecule is COC(=O)c1cc(N)c(N(N)c2ccc(OC(C)C)cc2)cc1-c1ccc(OC(C)C)cc1. The van der Waals surface area contributed by atoms with Crippen molar-refractivity contribution in [1.82, 2.24) is 0 Å². The van der Waals surface area contributed by atoms with Crippen LogP contribution in [0.2, 0.25) is 0 Å². The van der Waals surface area contributed by atoms with Gasteiger partial charge in [-0.1, -0.05) is 12.1 Å². The van der Waals surface area contributed by atoms with Crippen molar-refractivity contribution in [3.05, 3.63) is 66.2 Å². The minimum absolute atomic E-state index is 0.0627. The van der Waals surface area contributed by atoms with Crippen LogP contribution in [0.1, 0.15) is 38.1 Å². The summed E-state index contributed by atoms with van der Waals surface area (Å²) in [5.74, 6) is 7.44. The van der Waals surface area contributed by atoms with Crippen molar-refractivity contribution in [2.45, 2.75) is 39.9 Å². The first-order valence-electron chi connectivity index (χ1n) is 10.8. The molecular formula is C26H31N3O4. The first kappa shape index (κ1) is 23.9. The van der Waals surface area contributed by atoms with Gasteiger partial charge in [-0.15, -0.1) is 0 Å². The van der Waals surface area contributed by atoms with Gasteiger partial charge in [0.1, 0.15) is 11.5 Å². The average Bonchev–Trinajstić information content (AvgIpc) is 2.78. The molecule has 3 rings (SSSR count). The number of ether oxygens (including phenoxy) is 3. The van der Waals surface area contributed by atoms with E-state index in [0.717, 1.165) is 22.7 Å². The third-order valence-corrected chi connectivity index (χ3v) is 4.86. The summed E-state index contributed by atoms with van der Waals surface area (Å²) in [5, 5.41) is 1.48. The molecule has 0 radical (unpaired) electrons. The molecule has 174 valence electrons. The van der Waals surface area contributed by atoms with Crippen molar-refractivity contribution in [2.75, 3.05) is 17.9 Å². The maximum absolute atomic E-state index is 12.5. The summed E-state index contributed by atoms with van der Waals surface area (Å²) < 4.78 is 16.4. The highest BCUT2D eigenvalue weighted by atomic mass is 16.5. The van der Waals surface area contributed by atoms with E-state index in [1.165, 1.54) is 12.1 Å². The number of esters is 1. The molecule has 3 aromatic rings. The highest BCUT2D eigenvalue weighted by molar-refractivity contribution is 6.00. The molecule has 0 unspecified atom stereocenters. The van der Waals surface area contributed by atoms with Gasteiger partial charge in [-0.25, -0.2) is 10.6 Å². The molecule has 0 fully saturated rings. The van der Waals surface area contributed by atoms with Gasteiger partial charge in [0, 0.05) is 0 Å². The van der Waals surface area contributed by atoms with Crippen molar-refractivity contribution < 1.29 is 19.0 Å². The minimum Gasteiger partial charge on any atom is -0.491 e. The molecule has 0 atom stereocenters. The molecule has 0 saturated carbocycles. The van der Waals surface area contributed by atoms with Gasteiger partial charge in [-0.2, -0.15) is 0 Å². The molecule has 0 aromatic heterocycles. The van der Waals surface area contributed by atoms with Crippen LogP contribution < -0.4 is 26.1 Å². The van der Waals surface area contributed by atoms with Crippen LogP contribution in [0.15, 0.2) is 60.7 Å². The lowest BCUT2D eigenvalue weighted by Crippen LogP contribution is -2.26. The first-order chi connectivity index (χ1) is 15.7. The quantitative estimate of drug-likeness (QED) is 0.208. The summed E-state index contributed by atoms with van der Waals surface area (Å²) in [6, 6.07) is 18.3. The van der Waals surface area contributed by atoms with Gasteiger partial charge >= 0.3 is 5.97 Å². The zero-order chi connectivity index (χ0) is 24.1. The Balaban J connectivity index is 2.02. The highest BCUT2D eigenvalue weighted by Gasteiger charge is 2.19. The Morgan fingerprint density at radius 1 is 0.848 bits per heavy atom. The Labute approximate surface area is 194 Å². The molecule has 4 N–H and O–H groups in total. The fourth-order valence-electron chi connectivity index (χ4n) is 3.41. The maximum Gasteiger partial charge on any atom is 0.338 e. The molecule has 0 aliphatic rings. The fraction of sp³-hybridized carbons (Fsp3) is 0.269. The second-order valence-electron chi connectivity index (χ2n) is 8.17. The van der Waals surface area contributed by atoms with Crippen LogP contribution in [0.4, 0.5) is 17.1 Å². The van der Waals surface area contributed by atoms with Gasteiger partial charge in [0.05, 0.1) is 41.9 Å². The van der Waals surface area contributed by atoms with Crippen molar-refractivity contribution in [2.24, 2.45) is 5.84 Å². The van der Waals surface area contributed by atoms with Crippen molar-refractivity contribution in [1.29, 1.82) is 0 Å². The van der Waals surface area contributed by atoms with E-state index in [0.29, 0.717) is 22.5 Å². The molecule has 0 aliphatic heterocycles. The molecule has 7 nitrogen and oxygen atoms in total. The van der Waals surface area contributed by atoms with Crippen molar-refractivity contribution >= 4 is 23.0 Å². The number of carbonyl (C=O) groups excluding carboxylic acids is 1. The molecule has 0 saturated heterocycles. The number of carbonyl (C=O) groups is 1. The van der Waals surface area contributed by atoms with Gasteiger partial charge in [0.15, 0.2) is 0 Å². The lowest BCUT2D eigenvalue weighted by Gasteiger charge is -2.23. The molecule has 7 heteroatoms. The van der Waals surface area contributed by atoms with Crippen LogP contribution >= 0.6 is 0 Å². The fourth-order valence-corrected chi connectivity index (χ4v) is 3.41. The Hall–Kier alpha value is -3.71. The molecule has 33 heavy (non-hydrogen) atoms. The molecule has 0 spiro atoms. The molecule has 0 bridgehead atoms. The average molecular weight is 450 g/mol. The normalized spacial score (nSPS) is 10.9. The van der Waals surface area contributed by atoms with Gasteiger partial charge in [-0.05, 0) is 87.4 Å². The number of hydrazine groups is 1. The number of rotatable bonds is 8. The number of nitrogens with zero attached hydrogens (tertiary/aromatic N) is 1. The van der Waals surface area contributed by atoms with E-state index >= 15 is 0 Å². The third-order valence-electron chi connectivity index (χ3n) is 4.86. The molecule has 0 aliphatic carbocycles. The van der Waals surface area contributed by atoms with Crippen LogP contribution in [-0.4, -0.2) is 25.3 Å². The maximum atomic E-state index is 12.5. The lowest BCUT2D eigenvalue weighted by molar-refractivity contribution is 0.0601. The summed E-state index contributed by atoms with van der Waals surface area (Å²) >= 11 is 0. The van der Waals surface area contributed by atoms with Crippen LogP contribution in [0.25, 0.3) is 11.1 Å². The largest absolute Gasteiger partial charge is 0.491 e. The van der Waals surface area contributed by atoms with Gasteiger partial charge in [0.2, 0.25) is 0 Å². The van der Waals surface area contributed by atoms with E-state index in [1.54, 1.807) is 12.1 Å². The van der Waals surface area contributed by atoms with Crippen LogP contribution in [0.5, 0.6) is 11.5 Å². The number of anilines is 3. The summed E-state index contributed by atoms with van der Waals surface area (Å²) in [7, 11) is 1.34. The highest BCUT2D eigenvalue weighted by Crippen LogP contribution is 2.36. The standard InChI is InChI=1S/C26H31N3O4/c1-16(2)32-20-10-6-18(7-11-20)22-15-25(24(27)14-23(22)26(30)31-5)29(28)19-8-12-21(13-9-19)33-17(3)4/h6-17H,27-28H2,1-5H3. The minimum atomic E-state index is -0.482. The second-order valence-corrected chi connectivity index (χ2v) is 8.17. The first-order valence-corrected chi connectivity index (χ1v) is 10.8. The summed E-state index contributed by atoms with van der Waals surface area (Å²) in [5.41, 5.74) is 9.73. The predicted molar refractivity (Wildman–Crippen MR) is 132 cm³/mol. The Kier molecular flexibility index (Phi) is 7.45. The Bertz CT molecular complexity index is 1090. The third kappa shape index (κ3) is 5.75. The summed E-state index contributed by atoms with van der Waals surface area (Å²) in [4.78, 5) is 12.5. The van der Waals surface area contributed by atoms with Crippen LogP contribution in [-0.2, 0) is 4.74 Å². The van der Waals surface area contributed by atoms with Crippen molar-refractivity contribution in [3.8, 4) is 22.6 Å². The van der Waals surface area contributed by atoms with Crippen molar-refractivity contribution in [3.63, 3.8) is 0 Å². The smallest absolute Gasteiger partial charge is 0.338 e. The van der Waals surface area contributed by atoms with Gasteiger partial charge < -0.3 is 19.9 Å². The van der Waals surface area contributed by atoms with E-state index in [2.05, 4.69) is 0 Å². The number of nitrogens with two attached hydrogens (primary N) is 2. The number of nitrogen functional groups attached to an aromatic ring is 1. The zero-order valence-corrected chi connectivity index (χ0v) is 19.7. The van der Waals surface area contributed by atoms with E-state index in [4.69, 9.17) is 25.8 Å². The van der Waals surface area contributed by atoms with Gasteiger partial charge in [0.25, 0.3) is 0 Å². The number of benzene rings is 3. The summed E-state index contributed by atoms with van der Waals surface area (Å²) in [6.45, 7) is 7.87. The number of hydrogen-bond acceptors (Lipinski definition) is 7. The zero-order valence-electron chi connectivity index (χ0n) is 19.7. The van der Waals surface area contributed by atoms with Gasteiger partial charge in [-0.3, -0.25) is 5.01 Å².